The SMILES string of the molecule is O=C(OCCCc1ccccc1)c1ccc(F)c(S)c1. The van der Waals surface area contributed by atoms with Crippen molar-refractivity contribution in [1.82, 2.24) is 0 Å². The summed E-state index contributed by atoms with van der Waals surface area (Å²) in [6.45, 7) is 0.340. The van der Waals surface area contributed by atoms with Crippen molar-refractivity contribution < 1.29 is 13.9 Å². The molecule has 0 radical (unpaired) electrons. The third-order valence-corrected chi connectivity index (χ3v) is 3.21. The summed E-state index contributed by atoms with van der Waals surface area (Å²) in [6.07, 6.45) is 1.61. The minimum absolute atomic E-state index is 0.142. The molecule has 0 N–H and O–H groups in total. The molecule has 0 saturated carbocycles. The molecule has 0 amide bonds. The molecule has 0 heterocycles. The topological polar surface area (TPSA) is 26.3 Å². The van der Waals surface area contributed by atoms with Gasteiger partial charge in [-0.25, -0.2) is 9.18 Å². The summed E-state index contributed by atoms with van der Waals surface area (Å²) in [5.41, 5.74) is 1.53. The van der Waals surface area contributed by atoms with Crippen LogP contribution < -0.4 is 0 Å². The zero-order valence-corrected chi connectivity index (χ0v) is 11.8. The normalized spacial score (nSPS) is 10.3. The smallest absolute Gasteiger partial charge is 0.338 e. The molecular weight excluding hydrogens is 275 g/mol. The number of aryl methyl sites for hydroxylation is 1. The Balaban J connectivity index is 1.79. The number of rotatable bonds is 5. The minimum Gasteiger partial charge on any atom is -0.462 e. The van der Waals surface area contributed by atoms with Gasteiger partial charge in [-0.05, 0) is 36.6 Å². The van der Waals surface area contributed by atoms with Crippen molar-refractivity contribution in [1.29, 1.82) is 0 Å². The Hall–Kier alpha value is -1.81. The summed E-state index contributed by atoms with van der Waals surface area (Å²) in [7, 11) is 0. The third kappa shape index (κ3) is 4.10. The van der Waals surface area contributed by atoms with E-state index in [-0.39, 0.29) is 4.90 Å². The largest absolute Gasteiger partial charge is 0.462 e. The lowest BCUT2D eigenvalue weighted by Crippen LogP contribution is -2.07. The van der Waals surface area contributed by atoms with Crippen molar-refractivity contribution in [2.45, 2.75) is 17.7 Å². The first kappa shape index (κ1) is 14.6. The van der Waals surface area contributed by atoms with Crippen molar-refractivity contribution >= 4 is 18.6 Å². The van der Waals surface area contributed by atoms with Crippen LogP contribution in [0.2, 0.25) is 0 Å². The van der Waals surface area contributed by atoms with Crippen LogP contribution in [0.3, 0.4) is 0 Å². The molecule has 2 rings (SSSR count). The Morgan fingerprint density at radius 2 is 1.90 bits per heavy atom. The molecule has 0 unspecified atom stereocenters. The highest BCUT2D eigenvalue weighted by Gasteiger charge is 2.09. The average Bonchev–Trinajstić information content (AvgIpc) is 2.47. The minimum atomic E-state index is -0.451. The van der Waals surface area contributed by atoms with E-state index in [0.717, 1.165) is 12.8 Å². The zero-order valence-electron chi connectivity index (χ0n) is 10.9. The number of carbonyl (C=O) groups is 1. The standard InChI is InChI=1S/C16H15FO2S/c17-14-9-8-13(11-15(14)20)16(18)19-10-4-7-12-5-2-1-3-6-12/h1-3,5-6,8-9,11,20H,4,7,10H2. The number of hydrogen-bond acceptors (Lipinski definition) is 3. The van der Waals surface area contributed by atoms with Crippen molar-refractivity contribution in [2.75, 3.05) is 6.61 Å². The van der Waals surface area contributed by atoms with E-state index in [1.807, 2.05) is 30.3 Å². The molecule has 0 aliphatic rings. The number of hydrogen-bond donors (Lipinski definition) is 1. The van der Waals surface area contributed by atoms with E-state index in [1.165, 1.54) is 23.8 Å². The lowest BCUT2D eigenvalue weighted by atomic mass is 10.1. The van der Waals surface area contributed by atoms with Crippen LogP contribution in [0, 0.1) is 5.82 Å². The van der Waals surface area contributed by atoms with Gasteiger partial charge in [0.1, 0.15) is 5.82 Å². The van der Waals surface area contributed by atoms with Crippen LogP contribution in [-0.2, 0) is 11.2 Å². The van der Waals surface area contributed by atoms with E-state index in [4.69, 9.17) is 4.74 Å². The van der Waals surface area contributed by atoms with E-state index < -0.39 is 11.8 Å². The van der Waals surface area contributed by atoms with E-state index in [2.05, 4.69) is 12.6 Å². The lowest BCUT2D eigenvalue weighted by molar-refractivity contribution is 0.0500. The van der Waals surface area contributed by atoms with Gasteiger partial charge in [0, 0.05) is 4.90 Å². The van der Waals surface area contributed by atoms with Crippen molar-refractivity contribution in [3.05, 3.63) is 65.5 Å². The molecule has 0 fully saturated rings. The molecule has 0 aliphatic carbocycles. The highest BCUT2D eigenvalue weighted by atomic mass is 32.1. The van der Waals surface area contributed by atoms with Crippen LogP contribution in [0.1, 0.15) is 22.3 Å². The van der Waals surface area contributed by atoms with E-state index in [1.54, 1.807) is 0 Å². The Labute approximate surface area is 123 Å². The summed E-state index contributed by atoms with van der Waals surface area (Å²) in [6, 6.07) is 14.0. The molecular formula is C16H15FO2S. The Morgan fingerprint density at radius 3 is 2.60 bits per heavy atom. The molecule has 0 aliphatic heterocycles. The lowest BCUT2D eigenvalue weighted by Gasteiger charge is -2.06. The maximum absolute atomic E-state index is 13.0. The molecule has 0 bridgehead atoms. The Bertz CT molecular complexity index is 584. The first-order valence-corrected chi connectivity index (χ1v) is 6.81. The van der Waals surface area contributed by atoms with E-state index in [9.17, 15) is 9.18 Å². The Morgan fingerprint density at radius 1 is 1.15 bits per heavy atom. The number of benzene rings is 2. The van der Waals surface area contributed by atoms with Crippen LogP contribution in [-0.4, -0.2) is 12.6 Å². The average molecular weight is 290 g/mol. The van der Waals surface area contributed by atoms with Crippen LogP contribution in [0.4, 0.5) is 4.39 Å². The van der Waals surface area contributed by atoms with Gasteiger partial charge in [-0.15, -0.1) is 12.6 Å². The molecule has 2 aromatic carbocycles. The summed E-state index contributed by atoms with van der Waals surface area (Å²) in [5, 5.41) is 0. The van der Waals surface area contributed by atoms with Crippen molar-refractivity contribution in [2.24, 2.45) is 0 Å². The highest BCUT2D eigenvalue weighted by molar-refractivity contribution is 7.80. The number of carbonyl (C=O) groups excluding carboxylic acids is 1. The van der Waals surface area contributed by atoms with Crippen LogP contribution in [0.25, 0.3) is 0 Å². The van der Waals surface area contributed by atoms with Gasteiger partial charge in [-0.2, -0.15) is 0 Å². The number of halogens is 1. The van der Waals surface area contributed by atoms with Gasteiger partial charge in [0.15, 0.2) is 0 Å². The predicted octanol–water partition coefficient (Wildman–Crippen LogP) is 3.90. The molecule has 20 heavy (non-hydrogen) atoms. The van der Waals surface area contributed by atoms with Crippen LogP contribution in [0.5, 0.6) is 0 Å². The van der Waals surface area contributed by atoms with Gasteiger partial charge in [0.2, 0.25) is 0 Å². The monoisotopic (exact) mass is 290 g/mol. The molecule has 0 aromatic heterocycles. The second-order valence-corrected chi connectivity index (χ2v) is 4.87. The maximum Gasteiger partial charge on any atom is 0.338 e. The quantitative estimate of drug-likeness (QED) is 0.513. The first-order chi connectivity index (χ1) is 9.66. The number of esters is 1. The number of ether oxygens (including phenoxy) is 1. The van der Waals surface area contributed by atoms with E-state index in [0.29, 0.717) is 12.2 Å². The second-order valence-electron chi connectivity index (χ2n) is 4.39. The maximum atomic E-state index is 13.0. The summed E-state index contributed by atoms with van der Waals surface area (Å²) >= 11 is 3.94. The molecule has 104 valence electrons. The highest BCUT2D eigenvalue weighted by Crippen LogP contribution is 2.15. The fourth-order valence-electron chi connectivity index (χ4n) is 1.81. The van der Waals surface area contributed by atoms with Crippen LogP contribution in [0.15, 0.2) is 53.4 Å². The van der Waals surface area contributed by atoms with Crippen molar-refractivity contribution in [3.8, 4) is 0 Å². The molecule has 0 saturated heterocycles. The first-order valence-electron chi connectivity index (χ1n) is 6.36. The predicted molar refractivity (Wildman–Crippen MR) is 78.7 cm³/mol. The van der Waals surface area contributed by atoms with Gasteiger partial charge in [-0.3, -0.25) is 0 Å². The van der Waals surface area contributed by atoms with Gasteiger partial charge >= 0.3 is 5.97 Å². The van der Waals surface area contributed by atoms with Gasteiger partial charge in [0.25, 0.3) is 0 Å². The van der Waals surface area contributed by atoms with Crippen LogP contribution >= 0.6 is 12.6 Å². The third-order valence-electron chi connectivity index (χ3n) is 2.87. The second kappa shape index (κ2) is 7.10. The summed E-state index contributed by atoms with van der Waals surface area (Å²) in [5.74, 6) is -0.901. The fourth-order valence-corrected chi connectivity index (χ4v) is 2.02. The molecule has 4 heteroatoms. The van der Waals surface area contributed by atoms with E-state index >= 15 is 0 Å². The molecule has 0 atom stereocenters. The molecule has 0 spiro atoms. The number of thiol groups is 1. The van der Waals surface area contributed by atoms with Crippen molar-refractivity contribution in [3.63, 3.8) is 0 Å². The molecule has 2 nitrogen and oxygen atoms in total. The summed E-state index contributed by atoms with van der Waals surface area (Å²) in [4.78, 5) is 11.9. The van der Waals surface area contributed by atoms with Gasteiger partial charge < -0.3 is 4.74 Å². The zero-order chi connectivity index (χ0) is 14.4. The van der Waals surface area contributed by atoms with Gasteiger partial charge in [0.05, 0.1) is 12.2 Å². The summed E-state index contributed by atoms with van der Waals surface area (Å²) < 4.78 is 18.2. The van der Waals surface area contributed by atoms with Gasteiger partial charge in [-0.1, -0.05) is 30.3 Å². The Kier molecular flexibility index (Phi) is 5.18. The molecule has 2 aromatic rings. The fraction of sp³-hybridized carbons (Fsp3) is 0.188.